The van der Waals surface area contributed by atoms with E-state index in [0.29, 0.717) is 12.1 Å². The maximum Gasteiger partial charge on any atom is 0.165 e. The van der Waals surface area contributed by atoms with E-state index in [4.69, 9.17) is 4.74 Å². The van der Waals surface area contributed by atoms with E-state index in [2.05, 4.69) is 5.32 Å². The summed E-state index contributed by atoms with van der Waals surface area (Å²) in [6.45, 7) is 4.07. The molecule has 0 heterocycles. The van der Waals surface area contributed by atoms with E-state index < -0.39 is 11.9 Å². The van der Waals surface area contributed by atoms with Gasteiger partial charge in [-0.3, -0.25) is 0 Å². The van der Waals surface area contributed by atoms with E-state index in [9.17, 15) is 9.50 Å². The molecule has 1 unspecified atom stereocenters. The van der Waals surface area contributed by atoms with Gasteiger partial charge >= 0.3 is 0 Å². The van der Waals surface area contributed by atoms with E-state index in [0.717, 1.165) is 0 Å². The first-order valence-electron chi connectivity index (χ1n) is 5.33. The quantitative estimate of drug-likeness (QED) is 0.806. The highest BCUT2D eigenvalue weighted by atomic mass is 19.1. The second kappa shape index (κ2) is 5.82. The van der Waals surface area contributed by atoms with Gasteiger partial charge in [-0.15, -0.1) is 0 Å². The predicted molar refractivity (Wildman–Crippen MR) is 61.1 cm³/mol. The number of nitrogens with one attached hydrogen (secondary N) is 1. The van der Waals surface area contributed by atoms with Crippen molar-refractivity contribution in [2.75, 3.05) is 13.6 Å². The number of rotatable bonds is 5. The highest BCUT2D eigenvalue weighted by Crippen LogP contribution is 2.22. The van der Waals surface area contributed by atoms with Gasteiger partial charge in [0.05, 0.1) is 12.2 Å². The van der Waals surface area contributed by atoms with Gasteiger partial charge in [-0.2, -0.15) is 0 Å². The number of halogens is 1. The van der Waals surface area contributed by atoms with Gasteiger partial charge in [0.1, 0.15) is 0 Å². The van der Waals surface area contributed by atoms with Crippen molar-refractivity contribution in [3.63, 3.8) is 0 Å². The number of benzene rings is 1. The molecule has 16 heavy (non-hydrogen) atoms. The van der Waals surface area contributed by atoms with E-state index >= 15 is 0 Å². The minimum atomic E-state index is -0.701. The van der Waals surface area contributed by atoms with Crippen molar-refractivity contribution in [3.05, 3.63) is 29.6 Å². The van der Waals surface area contributed by atoms with Gasteiger partial charge in [0, 0.05) is 6.54 Å². The van der Waals surface area contributed by atoms with Crippen LogP contribution in [0.3, 0.4) is 0 Å². The van der Waals surface area contributed by atoms with Crippen molar-refractivity contribution in [2.24, 2.45) is 0 Å². The van der Waals surface area contributed by atoms with Crippen LogP contribution in [0.2, 0.25) is 0 Å². The zero-order valence-corrected chi connectivity index (χ0v) is 9.83. The molecule has 1 aromatic carbocycles. The average Bonchev–Trinajstić information content (AvgIpc) is 2.20. The van der Waals surface area contributed by atoms with E-state index in [1.54, 1.807) is 19.2 Å². The van der Waals surface area contributed by atoms with Crippen molar-refractivity contribution in [2.45, 2.75) is 26.1 Å². The molecule has 0 amide bonds. The van der Waals surface area contributed by atoms with E-state index in [-0.39, 0.29) is 11.9 Å². The number of hydrogen-bond donors (Lipinski definition) is 2. The number of aliphatic hydroxyl groups excluding tert-OH is 1. The van der Waals surface area contributed by atoms with Gasteiger partial charge in [-0.1, -0.05) is 6.07 Å². The van der Waals surface area contributed by atoms with Crippen LogP contribution in [0.5, 0.6) is 5.75 Å². The Kier molecular flexibility index (Phi) is 4.71. The van der Waals surface area contributed by atoms with Crippen molar-refractivity contribution < 1.29 is 14.2 Å². The largest absolute Gasteiger partial charge is 0.488 e. The van der Waals surface area contributed by atoms with Crippen LogP contribution >= 0.6 is 0 Å². The Balaban J connectivity index is 2.82. The molecule has 2 N–H and O–H groups in total. The molecule has 0 aliphatic carbocycles. The zero-order chi connectivity index (χ0) is 12.1. The monoisotopic (exact) mass is 227 g/mol. The second-order valence-corrected chi connectivity index (χ2v) is 3.93. The van der Waals surface area contributed by atoms with Gasteiger partial charge in [0.2, 0.25) is 0 Å². The third-order valence-corrected chi connectivity index (χ3v) is 2.10. The Hall–Kier alpha value is -1.13. The van der Waals surface area contributed by atoms with Gasteiger partial charge in [0.15, 0.2) is 11.6 Å². The molecule has 0 fully saturated rings. The minimum Gasteiger partial charge on any atom is -0.488 e. The number of hydrogen-bond acceptors (Lipinski definition) is 3. The Morgan fingerprint density at radius 1 is 1.44 bits per heavy atom. The van der Waals surface area contributed by atoms with Crippen LogP contribution in [0, 0.1) is 5.82 Å². The summed E-state index contributed by atoms with van der Waals surface area (Å²) in [7, 11) is 1.73. The molecule has 0 aromatic heterocycles. The Bertz CT molecular complexity index is 342. The maximum atomic E-state index is 13.6. The Morgan fingerprint density at radius 3 is 2.62 bits per heavy atom. The van der Waals surface area contributed by atoms with Crippen LogP contribution in [0.4, 0.5) is 4.39 Å². The van der Waals surface area contributed by atoms with Crippen LogP contribution in [0.15, 0.2) is 18.2 Å². The summed E-state index contributed by atoms with van der Waals surface area (Å²) in [6, 6.07) is 4.52. The van der Waals surface area contributed by atoms with Gasteiger partial charge in [-0.05, 0) is 38.6 Å². The molecule has 0 aliphatic rings. The average molecular weight is 227 g/mol. The van der Waals surface area contributed by atoms with Crippen molar-refractivity contribution in [1.82, 2.24) is 5.32 Å². The van der Waals surface area contributed by atoms with E-state index in [1.165, 1.54) is 6.07 Å². The SMILES string of the molecule is CNCC(O)c1ccc(OC(C)C)c(F)c1. The highest BCUT2D eigenvalue weighted by molar-refractivity contribution is 5.30. The van der Waals surface area contributed by atoms with Crippen molar-refractivity contribution >= 4 is 0 Å². The predicted octanol–water partition coefficient (Wildman–Crippen LogP) is 1.87. The normalized spacial score (nSPS) is 12.9. The molecule has 0 saturated heterocycles. The highest BCUT2D eigenvalue weighted by Gasteiger charge is 2.11. The number of ether oxygens (including phenoxy) is 1. The lowest BCUT2D eigenvalue weighted by atomic mass is 10.1. The molecule has 0 aliphatic heterocycles. The van der Waals surface area contributed by atoms with Crippen molar-refractivity contribution in [1.29, 1.82) is 0 Å². The lowest BCUT2D eigenvalue weighted by Crippen LogP contribution is -2.17. The maximum absolute atomic E-state index is 13.6. The summed E-state index contributed by atoms with van der Waals surface area (Å²) in [5.74, 6) is -0.225. The first-order valence-corrected chi connectivity index (χ1v) is 5.33. The van der Waals surface area contributed by atoms with Crippen molar-refractivity contribution in [3.8, 4) is 5.75 Å². The molecule has 4 heteroatoms. The van der Waals surface area contributed by atoms with E-state index in [1.807, 2.05) is 13.8 Å². The Labute approximate surface area is 95.2 Å². The fourth-order valence-electron chi connectivity index (χ4n) is 1.39. The fraction of sp³-hybridized carbons (Fsp3) is 0.500. The molecule has 1 atom stereocenters. The van der Waals surface area contributed by atoms with Gasteiger partial charge < -0.3 is 15.2 Å². The lowest BCUT2D eigenvalue weighted by Gasteiger charge is -2.14. The van der Waals surface area contributed by atoms with Crippen LogP contribution in [0.25, 0.3) is 0 Å². The fourth-order valence-corrected chi connectivity index (χ4v) is 1.39. The van der Waals surface area contributed by atoms with Crippen LogP contribution in [-0.4, -0.2) is 24.8 Å². The summed E-state index contributed by atoms with van der Waals surface area (Å²) in [5.41, 5.74) is 0.544. The minimum absolute atomic E-state index is 0.0671. The summed E-state index contributed by atoms with van der Waals surface area (Å²) < 4.78 is 18.8. The molecule has 1 rings (SSSR count). The zero-order valence-electron chi connectivity index (χ0n) is 9.83. The summed E-state index contributed by atoms with van der Waals surface area (Å²) in [5, 5.41) is 12.5. The topological polar surface area (TPSA) is 41.5 Å². The van der Waals surface area contributed by atoms with Crippen LogP contribution in [0.1, 0.15) is 25.5 Å². The molecule has 0 saturated carbocycles. The first kappa shape index (κ1) is 12.9. The summed E-state index contributed by atoms with van der Waals surface area (Å²) in [6.07, 6.45) is -0.768. The first-order chi connectivity index (χ1) is 7.54. The molecular formula is C12H18FNO2. The summed E-state index contributed by atoms with van der Waals surface area (Å²) >= 11 is 0. The number of aliphatic hydroxyl groups is 1. The molecular weight excluding hydrogens is 209 g/mol. The lowest BCUT2D eigenvalue weighted by molar-refractivity contribution is 0.176. The summed E-state index contributed by atoms with van der Waals surface area (Å²) in [4.78, 5) is 0. The molecule has 90 valence electrons. The van der Waals surface area contributed by atoms with Gasteiger partial charge in [0.25, 0.3) is 0 Å². The second-order valence-electron chi connectivity index (χ2n) is 3.93. The third kappa shape index (κ3) is 3.47. The number of likely N-dealkylation sites (N-methyl/N-ethyl adjacent to an activating group) is 1. The van der Waals surface area contributed by atoms with Crippen LogP contribution < -0.4 is 10.1 Å². The molecule has 1 aromatic rings. The third-order valence-electron chi connectivity index (χ3n) is 2.10. The molecule has 0 spiro atoms. The molecule has 3 nitrogen and oxygen atoms in total. The van der Waals surface area contributed by atoms with Gasteiger partial charge in [-0.25, -0.2) is 4.39 Å². The smallest absolute Gasteiger partial charge is 0.165 e. The Morgan fingerprint density at radius 2 is 2.12 bits per heavy atom. The van der Waals surface area contributed by atoms with Crippen LogP contribution in [-0.2, 0) is 0 Å². The molecule has 0 radical (unpaired) electrons. The molecule has 0 bridgehead atoms. The standard InChI is InChI=1S/C12H18FNO2/c1-8(2)16-12-5-4-9(6-10(12)13)11(15)7-14-3/h4-6,8,11,14-15H,7H2,1-3H3.